The zero-order chi connectivity index (χ0) is 23.2. The van der Waals surface area contributed by atoms with Crippen LogP contribution in [-0.2, 0) is 30.0 Å². The second-order valence-electron chi connectivity index (χ2n) is 10.5. The lowest BCUT2D eigenvalue weighted by molar-refractivity contribution is -0.203. The van der Waals surface area contributed by atoms with Gasteiger partial charge in [0.05, 0.1) is 11.1 Å². The molecule has 7 rings (SSSR count). The molecule has 3 aromatic rings. The molecular formula is C29H33ClN2O3. The van der Waals surface area contributed by atoms with E-state index in [2.05, 4.69) is 60.3 Å². The van der Waals surface area contributed by atoms with Gasteiger partial charge in [0.15, 0.2) is 17.6 Å². The first kappa shape index (κ1) is 23.0. The minimum absolute atomic E-state index is 0. The fraction of sp³-hybridized carbons (Fsp3) is 0.448. The third-order valence-corrected chi connectivity index (χ3v) is 9.17. The molecule has 35 heavy (non-hydrogen) atoms. The van der Waals surface area contributed by atoms with Crippen LogP contribution < -0.4 is 4.74 Å². The molecule has 2 aromatic carbocycles. The highest BCUT2D eigenvalue weighted by atomic mass is 35.5. The molecule has 2 bridgehead atoms. The van der Waals surface area contributed by atoms with Gasteiger partial charge in [0.1, 0.15) is 5.60 Å². The minimum Gasteiger partial charge on any atom is -0.504 e. The van der Waals surface area contributed by atoms with Gasteiger partial charge in [0, 0.05) is 55.7 Å². The van der Waals surface area contributed by atoms with Crippen molar-refractivity contribution in [1.29, 1.82) is 0 Å². The number of hydrogen-bond donors (Lipinski definition) is 1. The van der Waals surface area contributed by atoms with E-state index < -0.39 is 5.60 Å². The molecule has 0 amide bonds. The number of piperidine rings is 1. The maximum atomic E-state index is 11.0. The molecule has 0 unspecified atom stereocenters. The van der Waals surface area contributed by atoms with Crippen LogP contribution in [0.1, 0.15) is 48.3 Å². The third kappa shape index (κ3) is 2.57. The van der Waals surface area contributed by atoms with Crippen LogP contribution in [0.15, 0.2) is 49.1 Å². The van der Waals surface area contributed by atoms with Gasteiger partial charge in [-0.2, -0.15) is 0 Å². The average molecular weight is 493 g/mol. The first-order valence-corrected chi connectivity index (χ1v) is 12.6. The van der Waals surface area contributed by atoms with Crippen LogP contribution in [0.2, 0.25) is 0 Å². The van der Waals surface area contributed by atoms with Crippen molar-refractivity contribution in [3.8, 4) is 11.5 Å². The Morgan fingerprint density at radius 3 is 2.89 bits per heavy atom. The Morgan fingerprint density at radius 1 is 1.26 bits per heavy atom. The molecule has 4 aliphatic rings. The van der Waals surface area contributed by atoms with Gasteiger partial charge in [0.2, 0.25) is 0 Å². The molecule has 4 atom stereocenters. The van der Waals surface area contributed by atoms with Gasteiger partial charge in [-0.1, -0.05) is 37.3 Å². The second kappa shape index (κ2) is 7.76. The van der Waals surface area contributed by atoms with Crippen LogP contribution in [0.4, 0.5) is 0 Å². The molecule has 2 aliphatic carbocycles. The number of nitrogens with zero attached hydrogens (tertiary/aromatic N) is 2. The summed E-state index contributed by atoms with van der Waals surface area (Å²) >= 11 is 0. The lowest BCUT2D eigenvalue weighted by Gasteiger charge is -2.64. The predicted octanol–water partition coefficient (Wildman–Crippen LogP) is 5.22. The highest BCUT2D eigenvalue weighted by Gasteiger charge is 2.74. The maximum absolute atomic E-state index is 11.0. The highest BCUT2D eigenvalue weighted by molar-refractivity contribution is 5.87. The summed E-state index contributed by atoms with van der Waals surface area (Å²) in [6.07, 6.45) is 5.52. The summed E-state index contributed by atoms with van der Waals surface area (Å²) < 4.78 is 16.3. The lowest BCUT2D eigenvalue weighted by atomic mass is 9.48. The van der Waals surface area contributed by atoms with Crippen molar-refractivity contribution < 1.29 is 14.6 Å². The standard InChI is InChI=1S/C29H32N2O3.ClH/c1-4-13-31-14-12-28-24-18-10-11-22(32)26(24)34-27(28)25-20(19-8-6-7-9-21(19)30(25)3)17-29(28,23(31)16-18)33-15-5-2;/h4,6-11,23,27,32H,1,5,12-17H2,2-3H3;1H/t23-,27-,28-,29+;/m0./s1. The molecule has 5 nitrogen and oxygen atoms in total. The number of aromatic hydroxyl groups is 1. The number of phenols is 1. The van der Waals surface area contributed by atoms with Crippen molar-refractivity contribution in [1.82, 2.24) is 9.47 Å². The summed E-state index contributed by atoms with van der Waals surface area (Å²) in [4.78, 5) is 2.58. The first-order valence-electron chi connectivity index (χ1n) is 12.6. The number of rotatable bonds is 5. The summed E-state index contributed by atoms with van der Waals surface area (Å²) in [5, 5.41) is 12.3. The van der Waals surface area contributed by atoms with Gasteiger partial charge in [-0.15, -0.1) is 19.0 Å². The van der Waals surface area contributed by atoms with E-state index in [9.17, 15) is 5.11 Å². The Hall–Kier alpha value is -2.47. The molecular weight excluding hydrogens is 460 g/mol. The van der Waals surface area contributed by atoms with Crippen molar-refractivity contribution in [2.75, 3.05) is 19.7 Å². The quantitative estimate of drug-likeness (QED) is 0.496. The van der Waals surface area contributed by atoms with Crippen LogP contribution in [0.5, 0.6) is 11.5 Å². The topological polar surface area (TPSA) is 46.9 Å². The Labute approximate surface area is 212 Å². The van der Waals surface area contributed by atoms with E-state index >= 15 is 0 Å². The van der Waals surface area contributed by atoms with Gasteiger partial charge in [-0.25, -0.2) is 0 Å². The normalized spacial score (nSPS) is 29.8. The number of halogens is 1. The summed E-state index contributed by atoms with van der Waals surface area (Å²) in [5.41, 5.74) is 5.59. The highest BCUT2D eigenvalue weighted by Crippen LogP contribution is 2.70. The van der Waals surface area contributed by atoms with E-state index in [1.165, 1.54) is 33.3 Å². The zero-order valence-corrected chi connectivity index (χ0v) is 21.2. The number of ether oxygens (including phenoxy) is 2. The minimum atomic E-state index is -0.419. The number of para-hydroxylation sites is 1. The second-order valence-corrected chi connectivity index (χ2v) is 10.5. The number of likely N-dealkylation sites (tertiary alicyclic amines) is 1. The van der Waals surface area contributed by atoms with Gasteiger partial charge in [0.25, 0.3) is 0 Å². The van der Waals surface area contributed by atoms with Gasteiger partial charge >= 0.3 is 0 Å². The SMILES string of the molecule is C=CCN1CC[C@]23c4c5ccc(O)c4O[C@H]2c2c(c4ccccc4n2C)C[C@@]3(OCCC)[C@@H]1C5.Cl. The zero-order valence-electron chi connectivity index (χ0n) is 20.4. The molecule has 0 saturated carbocycles. The van der Waals surface area contributed by atoms with E-state index in [4.69, 9.17) is 9.47 Å². The van der Waals surface area contributed by atoms with E-state index in [1.54, 1.807) is 0 Å². The molecule has 3 heterocycles. The number of aryl methyl sites for hydroxylation is 1. The molecule has 184 valence electrons. The lowest BCUT2D eigenvalue weighted by Crippen LogP contribution is -2.75. The molecule has 2 aliphatic heterocycles. The van der Waals surface area contributed by atoms with Crippen molar-refractivity contribution >= 4 is 23.3 Å². The van der Waals surface area contributed by atoms with E-state index in [1.807, 2.05) is 12.1 Å². The van der Waals surface area contributed by atoms with Crippen LogP contribution in [0, 0.1) is 0 Å². The molecule has 1 fully saturated rings. The fourth-order valence-corrected chi connectivity index (χ4v) is 8.00. The molecule has 1 N–H and O–H groups in total. The van der Waals surface area contributed by atoms with Crippen molar-refractivity contribution in [2.45, 2.75) is 55.8 Å². The van der Waals surface area contributed by atoms with E-state index in [0.717, 1.165) is 45.4 Å². The number of phenolic OH excluding ortho intramolecular Hbond substituents is 1. The number of aromatic nitrogens is 1. The fourth-order valence-electron chi connectivity index (χ4n) is 8.00. The monoisotopic (exact) mass is 492 g/mol. The Balaban J connectivity index is 0.00000229. The summed E-state index contributed by atoms with van der Waals surface area (Å²) in [6.45, 7) is 8.80. The molecule has 1 spiro atoms. The van der Waals surface area contributed by atoms with Gasteiger partial charge < -0.3 is 19.1 Å². The summed E-state index contributed by atoms with van der Waals surface area (Å²) in [7, 11) is 2.16. The van der Waals surface area contributed by atoms with Crippen molar-refractivity contribution in [3.63, 3.8) is 0 Å². The van der Waals surface area contributed by atoms with Gasteiger partial charge in [-0.05, 0) is 42.5 Å². The van der Waals surface area contributed by atoms with Crippen LogP contribution in [0.25, 0.3) is 10.9 Å². The maximum Gasteiger partial charge on any atom is 0.166 e. The smallest absolute Gasteiger partial charge is 0.166 e. The van der Waals surface area contributed by atoms with Gasteiger partial charge in [-0.3, -0.25) is 4.90 Å². The van der Waals surface area contributed by atoms with Crippen LogP contribution in [-0.4, -0.2) is 45.9 Å². The summed E-state index contributed by atoms with van der Waals surface area (Å²) in [6, 6.07) is 12.9. The van der Waals surface area contributed by atoms with Crippen molar-refractivity contribution in [2.24, 2.45) is 7.05 Å². The van der Waals surface area contributed by atoms with Crippen molar-refractivity contribution in [3.05, 3.63) is 71.4 Å². The largest absolute Gasteiger partial charge is 0.504 e. The number of benzene rings is 2. The Bertz CT molecular complexity index is 1350. The number of fused-ring (bicyclic) bond motifs is 4. The Kier molecular flexibility index (Phi) is 5.09. The summed E-state index contributed by atoms with van der Waals surface area (Å²) in [5.74, 6) is 0.930. The third-order valence-electron chi connectivity index (χ3n) is 9.17. The predicted molar refractivity (Wildman–Crippen MR) is 140 cm³/mol. The molecule has 1 aromatic heterocycles. The number of hydrogen-bond acceptors (Lipinski definition) is 4. The van der Waals surface area contributed by atoms with E-state index in [-0.39, 0.29) is 35.7 Å². The average Bonchev–Trinajstić information content (AvgIpc) is 3.33. The molecule has 1 saturated heterocycles. The van der Waals surface area contributed by atoms with Crippen LogP contribution in [0.3, 0.4) is 0 Å². The van der Waals surface area contributed by atoms with Crippen LogP contribution >= 0.6 is 12.4 Å². The molecule has 6 heteroatoms. The Morgan fingerprint density at radius 2 is 2.09 bits per heavy atom. The first-order chi connectivity index (χ1) is 16.6. The molecule has 0 radical (unpaired) electrons. The van der Waals surface area contributed by atoms with E-state index in [0.29, 0.717) is 5.75 Å².